The van der Waals surface area contributed by atoms with Gasteiger partial charge in [-0.05, 0) is 57.0 Å². The highest BCUT2D eigenvalue weighted by Gasteiger charge is 2.62. The van der Waals surface area contributed by atoms with E-state index in [4.69, 9.17) is 12.2 Å². The molecule has 0 aromatic heterocycles. The number of rotatable bonds is 1. The van der Waals surface area contributed by atoms with Crippen molar-refractivity contribution in [2.24, 2.45) is 5.41 Å². The van der Waals surface area contributed by atoms with E-state index in [1.165, 1.54) is 0 Å². The van der Waals surface area contributed by atoms with Crippen LogP contribution in [0.15, 0.2) is 24.3 Å². The lowest BCUT2D eigenvalue weighted by atomic mass is 9.68. The van der Waals surface area contributed by atoms with Gasteiger partial charge in [-0.3, -0.25) is 14.5 Å². The van der Waals surface area contributed by atoms with Gasteiger partial charge < -0.3 is 10.2 Å². The van der Waals surface area contributed by atoms with E-state index < -0.39 is 5.41 Å². The van der Waals surface area contributed by atoms with Crippen LogP contribution in [0.25, 0.3) is 0 Å². The van der Waals surface area contributed by atoms with E-state index in [1.54, 1.807) is 4.90 Å². The average molecular weight is 343 g/mol. The summed E-state index contributed by atoms with van der Waals surface area (Å²) in [6.45, 7) is 4.74. The van der Waals surface area contributed by atoms with E-state index in [1.807, 2.05) is 32.0 Å². The zero-order valence-corrected chi connectivity index (χ0v) is 14.7. The molecular weight excluding hydrogens is 322 g/mol. The maximum atomic E-state index is 13.5. The summed E-state index contributed by atoms with van der Waals surface area (Å²) in [6.07, 6.45) is 2.29. The molecule has 2 amide bonds. The molecule has 126 valence electrons. The maximum absolute atomic E-state index is 13.5. The first-order chi connectivity index (χ1) is 11.5. The molecule has 2 saturated heterocycles. The van der Waals surface area contributed by atoms with E-state index in [0.29, 0.717) is 6.42 Å². The molecule has 2 fully saturated rings. The van der Waals surface area contributed by atoms with Crippen LogP contribution in [0.1, 0.15) is 32.3 Å². The first-order valence-electron chi connectivity index (χ1n) is 8.50. The second kappa shape index (κ2) is 5.28. The fraction of sp³-hybridized carbons (Fsp3) is 0.500. The molecule has 0 unspecified atom stereocenters. The van der Waals surface area contributed by atoms with Crippen LogP contribution in [0.4, 0.5) is 5.69 Å². The normalized spacial score (nSPS) is 29.1. The quantitative estimate of drug-likeness (QED) is 0.625. The predicted octanol–water partition coefficient (Wildman–Crippen LogP) is 1.85. The number of benzene rings is 1. The molecule has 3 heterocycles. The second-order valence-electron chi connectivity index (χ2n) is 7.16. The number of amides is 2. The highest BCUT2D eigenvalue weighted by molar-refractivity contribution is 7.80. The molecule has 2 atom stereocenters. The first-order valence-corrected chi connectivity index (χ1v) is 8.91. The molecule has 24 heavy (non-hydrogen) atoms. The average Bonchev–Trinajstić information content (AvgIpc) is 3.02. The van der Waals surface area contributed by atoms with Crippen LogP contribution in [0, 0.1) is 5.41 Å². The number of anilines is 1. The largest absolute Gasteiger partial charge is 0.367 e. The summed E-state index contributed by atoms with van der Waals surface area (Å²) in [5, 5.41) is 3.05. The molecule has 1 spiro atoms. The minimum absolute atomic E-state index is 0.0745. The number of nitrogens with zero attached hydrogens (tertiary/aromatic N) is 2. The molecule has 0 saturated carbocycles. The Morgan fingerprint density at radius 1 is 1.29 bits per heavy atom. The van der Waals surface area contributed by atoms with Gasteiger partial charge in [-0.2, -0.15) is 0 Å². The number of carbonyl (C=O) groups excluding carboxylic acids is 2. The molecular formula is C18H21N3O2S. The molecule has 1 aromatic carbocycles. The van der Waals surface area contributed by atoms with Gasteiger partial charge in [0, 0.05) is 18.3 Å². The number of carbonyl (C=O) groups is 2. The fourth-order valence-corrected chi connectivity index (χ4v) is 4.90. The number of hydrogen-bond donors (Lipinski definition) is 1. The molecule has 0 aliphatic carbocycles. The second-order valence-corrected chi connectivity index (χ2v) is 7.54. The number of thiocarbonyl (C=S) groups is 1. The van der Waals surface area contributed by atoms with E-state index in [2.05, 4.69) is 16.3 Å². The fourth-order valence-electron chi connectivity index (χ4n) is 4.52. The number of para-hydroxylation sites is 1. The van der Waals surface area contributed by atoms with Gasteiger partial charge in [-0.15, -0.1) is 0 Å². The third-order valence-corrected chi connectivity index (χ3v) is 5.85. The predicted molar refractivity (Wildman–Crippen MR) is 95.7 cm³/mol. The van der Waals surface area contributed by atoms with E-state index >= 15 is 0 Å². The van der Waals surface area contributed by atoms with Crippen molar-refractivity contribution in [3.63, 3.8) is 0 Å². The Balaban J connectivity index is 1.88. The van der Waals surface area contributed by atoms with Gasteiger partial charge in [0.05, 0.1) is 6.04 Å². The van der Waals surface area contributed by atoms with Crippen molar-refractivity contribution in [1.29, 1.82) is 0 Å². The molecule has 5 nitrogen and oxygen atoms in total. The lowest BCUT2D eigenvalue weighted by Gasteiger charge is -2.51. The van der Waals surface area contributed by atoms with Gasteiger partial charge in [0.15, 0.2) is 10.5 Å². The lowest BCUT2D eigenvalue weighted by Crippen LogP contribution is -2.72. The summed E-state index contributed by atoms with van der Waals surface area (Å²) < 4.78 is 0. The monoisotopic (exact) mass is 343 g/mol. The molecule has 6 heteroatoms. The Morgan fingerprint density at radius 3 is 2.79 bits per heavy atom. The Labute approximate surface area is 147 Å². The smallest absolute Gasteiger partial charge is 0.247 e. The van der Waals surface area contributed by atoms with Gasteiger partial charge >= 0.3 is 0 Å². The highest BCUT2D eigenvalue weighted by Crippen LogP contribution is 2.48. The van der Waals surface area contributed by atoms with Gasteiger partial charge in [-0.25, -0.2) is 0 Å². The summed E-state index contributed by atoms with van der Waals surface area (Å²) in [5.74, 6) is -0.376. The number of nitrogens with one attached hydrogen (secondary N) is 1. The molecule has 0 radical (unpaired) electrons. The van der Waals surface area contributed by atoms with Crippen LogP contribution in [0.3, 0.4) is 0 Å². The van der Waals surface area contributed by atoms with Crippen LogP contribution in [0.2, 0.25) is 0 Å². The SMILES string of the molecule is CC(C)N1C(=O)[C@@]2(Cc3ccccc3N3CCC[C@H]32)C(=O)NC1=S. The Morgan fingerprint density at radius 2 is 2.04 bits per heavy atom. The Kier molecular flexibility index (Phi) is 3.42. The van der Waals surface area contributed by atoms with E-state index in [0.717, 1.165) is 30.6 Å². The zero-order chi connectivity index (χ0) is 17.1. The summed E-state index contributed by atoms with van der Waals surface area (Å²) in [6, 6.07) is 7.94. The summed E-state index contributed by atoms with van der Waals surface area (Å²) in [5.41, 5.74) is 1.16. The van der Waals surface area contributed by atoms with Crippen molar-refractivity contribution >= 4 is 34.8 Å². The minimum atomic E-state index is -1.07. The number of fused-ring (bicyclic) bond motifs is 4. The van der Waals surface area contributed by atoms with Gasteiger partial charge in [0.1, 0.15) is 0 Å². The van der Waals surface area contributed by atoms with E-state index in [9.17, 15) is 9.59 Å². The van der Waals surface area contributed by atoms with Crippen molar-refractivity contribution in [3.05, 3.63) is 29.8 Å². The summed E-state index contributed by atoms with van der Waals surface area (Å²) >= 11 is 5.27. The van der Waals surface area contributed by atoms with Crippen LogP contribution in [-0.2, 0) is 16.0 Å². The third kappa shape index (κ3) is 1.89. The van der Waals surface area contributed by atoms with Crippen molar-refractivity contribution < 1.29 is 9.59 Å². The maximum Gasteiger partial charge on any atom is 0.247 e. The Bertz CT molecular complexity index is 748. The lowest BCUT2D eigenvalue weighted by molar-refractivity contribution is -0.153. The van der Waals surface area contributed by atoms with Crippen LogP contribution < -0.4 is 10.2 Å². The van der Waals surface area contributed by atoms with Gasteiger partial charge in [0.25, 0.3) is 0 Å². The molecule has 3 aliphatic rings. The van der Waals surface area contributed by atoms with Crippen molar-refractivity contribution in [3.8, 4) is 0 Å². The van der Waals surface area contributed by atoms with Gasteiger partial charge in [-0.1, -0.05) is 18.2 Å². The van der Waals surface area contributed by atoms with Crippen LogP contribution in [-0.4, -0.2) is 40.5 Å². The molecule has 1 N–H and O–H groups in total. The van der Waals surface area contributed by atoms with Crippen molar-refractivity contribution in [1.82, 2.24) is 10.2 Å². The van der Waals surface area contributed by atoms with Crippen LogP contribution >= 0.6 is 12.2 Å². The van der Waals surface area contributed by atoms with Crippen LogP contribution in [0.5, 0.6) is 0 Å². The molecule has 0 bridgehead atoms. The molecule has 4 rings (SSSR count). The topological polar surface area (TPSA) is 52.7 Å². The van der Waals surface area contributed by atoms with Crippen molar-refractivity contribution in [2.75, 3.05) is 11.4 Å². The Hall–Kier alpha value is -1.95. The van der Waals surface area contributed by atoms with Crippen molar-refractivity contribution in [2.45, 2.75) is 45.2 Å². The third-order valence-electron chi connectivity index (χ3n) is 5.55. The highest BCUT2D eigenvalue weighted by atomic mass is 32.1. The summed E-state index contributed by atoms with van der Waals surface area (Å²) in [7, 11) is 0. The number of hydrogen-bond acceptors (Lipinski definition) is 4. The zero-order valence-electron chi connectivity index (χ0n) is 13.9. The summed E-state index contributed by atoms with van der Waals surface area (Å²) in [4.78, 5) is 30.3. The minimum Gasteiger partial charge on any atom is -0.367 e. The molecule has 1 aromatic rings. The molecule has 3 aliphatic heterocycles. The van der Waals surface area contributed by atoms with Gasteiger partial charge in [0.2, 0.25) is 11.8 Å². The first kappa shape index (κ1) is 15.6. The van der Waals surface area contributed by atoms with E-state index in [-0.39, 0.29) is 29.0 Å². The standard InChI is InChI=1S/C18H21N3O2S/c1-11(2)21-16(23)18(15(22)19-17(21)24)10-12-6-3-4-7-13(12)20-9-5-8-14(18)20/h3-4,6-7,11,14H,5,8-10H2,1-2H3,(H,19,22,24)/t14-,18+/m0/s1.